The van der Waals surface area contributed by atoms with Crippen LogP contribution in [0.3, 0.4) is 0 Å². The molecule has 0 saturated carbocycles. The zero-order valence-electron chi connectivity index (χ0n) is 8.28. The molecule has 0 saturated heterocycles. The van der Waals surface area contributed by atoms with Gasteiger partial charge in [0.05, 0.1) is 5.57 Å². The lowest BCUT2D eigenvalue weighted by molar-refractivity contribution is -0.115. The second-order valence-corrected chi connectivity index (χ2v) is 2.83. The molecule has 0 aromatic carbocycles. The van der Waals surface area contributed by atoms with Gasteiger partial charge in [-0.1, -0.05) is 6.58 Å². The van der Waals surface area contributed by atoms with Crippen molar-refractivity contribution in [2.24, 2.45) is 0 Å². The molecular formula is C10H10F4O. The fourth-order valence-electron chi connectivity index (χ4n) is 0.789. The Kier molecular flexibility index (Phi) is 4.45. The highest BCUT2D eigenvalue weighted by Gasteiger charge is 2.34. The average Bonchev–Trinajstić information content (AvgIpc) is 2.10. The standard InChI is InChI=1S/C10H10F4O/c1-4-8(11)5-9(10(12,13)14)6(2)7(3)15/h4-5H,1H2,2-3H3/b8-5+,9-6-. The summed E-state index contributed by atoms with van der Waals surface area (Å²) in [7, 11) is 0. The van der Waals surface area contributed by atoms with Crippen molar-refractivity contribution < 1.29 is 22.4 Å². The van der Waals surface area contributed by atoms with E-state index >= 15 is 0 Å². The monoisotopic (exact) mass is 222 g/mol. The molecule has 5 heteroatoms. The lowest BCUT2D eigenvalue weighted by Crippen LogP contribution is -2.14. The highest BCUT2D eigenvalue weighted by Crippen LogP contribution is 2.30. The van der Waals surface area contributed by atoms with Crippen LogP contribution in [0.5, 0.6) is 0 Å². The Balaban J connectivity index is 5.56. The fraction of sp³-hybridized carbons (Fsp3) is 0.300. The molecule has 0 rings (SSSR count). The van der Waals surface area contributed by atoms with Gasteiger partial charge in [0.1, 0.15) is 5.83 Å². The minimum atomic E-state index is -4.75. The summed E-state index contributed by atoms with van der Waals surface area (Å²) in [5, 5.41) is 0. The Labute approximate surface area is 84.8 Å². The molecule has 15 heavy (non-hydrogen) atoms. The van der Waals surface area contributed by atoms with Gasteiger partial charge in [0.2, 0.25) is 0 Å². The molecule has 0 atom stereocenters. The van der Waals surface area contributed by atoms with E-state index in [4.69, 9.17) is 0 Å². The van der Waals surface area contributed by atoms with Crippen molar-refractivity contribution in [1.82, 2.24) is 0 Å². The molecule has 0 fully saturated rings. The number of carbonyl (C=O) groups excluding carboxylic acids is 1. The fourth-order valence-corrected chi connectivity index (χ4v) is 0.789. The van der Waals surface area contributed by atoms with Crippen molar-refractivity contribution in [2.45, 2.75) is 20.0 Å². The van der Waals surface area contributed by atoms with Crippen LogP contribution >= 0.6 is 0 Å². The highest BCUT2D eigenvalue weighted by molar-refractivity contribution is 5.94. The third-order valence-corrected chi connectivity index (χ3v) is 1.71. The molecule has 0 amide bonds. The Morgan fingerprint density at radius 1 is 1.27 bits per heavy atom. The van der Waals surface area contributed by atoms with Crippen molar-refractivity contribution >= 4 is 5.78 Å². The van der Waals surface area contributed by atoms with Gasteiger partial charge in [-0.05, 0) is 26.0 Å². The summed E-state index contributed by atoms with van der Waals surface area (Å²) >= 11 is 0. The zero-order valence-corrected chi connectivity index (χ0v) is 8.28. The molecule has 0 aromatic rings. The second kappa shape index (κ2) is 4.91. The van der Waals surface area contributed by atoms with E-state index in [1.807, 2.05) is 0 Å². The van der Waals surface area contributed by atoms with Crippen molar-refractivity contribution in [3.05, 3.63) is 35.7 Å². The van der Waals surface area contributed by atoms with Gasteiger partial charge < -0.3 is 0 Å². The number of carbonyl (C=O) groups is 1. The first-order valence-electron chi connectivity index (χ1n) is 3.98. The van der Waals surface area contributed by atoms with E-state index in [0.29, 0.717) is 6.08 Å². The summed E-state index contributed by atoms with van der Waals surface area (Å²) < 4.78 is 49.7. The lowest BCUT2D eigenvalue weighted by Gasteiger charge is -2.10. The van der Waals surface area contributed by atoms with Crippen molar-refractivity contribution in [3.63, 3.8) is 0 Å². The van der Waals surface area contributed by atoms with Crippen LogP contribution in [0.25, 0.3) is 0 Å². The van der Waals surface area contributed by atoms with Gasteiger partial charge in [-0.2, -0.15) is 13.2 Å². The quantitative estimate of drug-likeness (QED) is 0.406. The van der Waals surface area contributed by atoms with Gasteiger partial charge in [-0.15, -0.1) is 0 Å². The van der Waals surface area contributed by atoms with Crippen LogP contribution in [0.1, 0.15) is 13.8 Å². The topological polar surface area (TPSA) is 17.1 Å². The summed E-state index contributed by atoms with van der Waals surface area (Å²) in [6, 6.07) is 0. The first-order chi connectivity index (χ1) is 6.70. The molecule has 0 spiro atoms. The average molecular weight is 222 g/mol. The number of halogens is 4. The molecule has 0 bridgehead atoms. The lowest BCUT2D eigenvalue weighted by atomic mass is 10.1. The normalized spacial score (nSPS) is 14.7. The van der Waals surface area contributed by atoms with E-state index in [1.165, 1.54) is 0 Å². The maximum atomic E-state index is 12.6. The molecule has 0 unspecified atom stereocenters. The Morgan fingerprint density at radius 3 is 2.00 bits per heavy atom. The van der Waals surface area contributed by atoms with Gasteiger partial charge in [0, 0.05) is 5.57 Å². The number of hydrogen-bond donors (Lipinski definition) is 0. The van der Waals surface area contributed by atoms with Crippen LogP contribution < -0.4 is 0 Å². The Morgan fingerprint density at radius 2 is 1.73 bits per heavy atom. The van der Waals surface area contributed by atoms with Gasteiger partial charge in [0.25, 0.3) is 0 Å². The molecule has 0 heterocycles. The van der Waals surface area contributed by atoms with Gasteiger partial charge in [0.15, 0.2) is 5.78 Å². The number of Topliss-reactive ketones (excluding diaryl/α,β-unsaturated/α-hetero) is 1. The maximum Gasteiger partial charge on any atom is 0.416 e. The van der Waals surface area contributed by atoms with E-state index in [2.05, 4.69) is 6.58 Å². The first-order valence-corrected chi connectivity index (χ1v) is 3.98. The third-order valence-electron chi connectivity index (χ3n) is 1.71. The maximum absolute atomic E-state index is 12.6. The summed E-state index contributed by atoms with van der Waals surface area (Å²) in [4.78, 5) is 10.8. The Hall–Kier alpha value is -1.39. The van der Waals surface area contributed by atoms with Crippen LogP contribution in [0.4, 0.5) is 17.6 Å². The summed E-state index contributed by atoms with van der Waals surface area (Å²) in [6.07, 6.45) is -3.86. The van der Waals surface area contributed by atoms with Crippen molar-refractivity contribution in [3.8, 4) is 0 Å². The van der Waals surface area contributed by atoms with E-state index < -0.39 is 28.9 Å². The van der Waals surface area contributed by atoms with Crippen LogP contribution in [-0.2, 0) is 4.79 Å². The van der Waals surface area contributed by atoms with Crippen LogP contribution in [0.15, 0.2) is 35.7 Å². The van der Waals surface area contributed by atoms with Crippen molar-refractivity contribution in [2.75, 3.05) is 0 Å². The number of allylic oxidation sites excluding steroid dienone is 5. The zero-order chi connectivity index (χ0) is 12.2. The molecular weight excluding hydrogens is 212 g/mol. The minimum Gasteiger partial charge on any atom is -0.295 e. The molecule has 0 aromatic heterocycles. The van der Waals surface area contributed by atoms with E-state index in [9.17, 15) is 22.4 Å². The van der Waals surface area contributed by atoms with E-state index in [0.717, 1.165) is 13.8 Å². The van der Waals surface area contributed by atoms with Crippen molar-refractivity contribution in [1.29, 1.82) is 0 Å². The van der Waals surface area contributed by atoms with E-state index in [1.54, 1.807) is 0 Å². The molecule has 1 nitrogen and oxygen atoms in total. The highest BCUT2D eigenvalue weighted by atomic mass is 19.4. The van der Waals surface area contributed by atoms with Gasteiger partial charge >= 0.3 is 6.18 Å². The number of alkyl halides is 3. The third kappa shape index (κ3) is 4.10. The molecule has 0 N–H and O–H groups in total. The minimum absolute atomic E-state index is 0.254. The van der Waals surface area contributed by atoms with E-state index in [-0.39, 0.29) is 6.08 Å². The molecule has 0 aliphatic rings. The first kappa shape index (κ1) is 13.6. The molecule has 0 aliphatic heterocycles. The van der Waals surface area contributed by atoms with Crippen LogP contribution in [0.2, 0.25) is 0 Å². The van der Waals surface area contributed by atoms with Gasteiger partial charge in [-0.3, -0.25) is 4.79 Å². The summed E-state index contributed by atoms with van der Waals surface area (Å²) in [5.41, 5.74) is -1.81. The number of ketones is 1. The second-order valence-electron chi connectivity index (χ2n) is 2.83. The smallest absolute Gasteiger partial charge is 0.295 e. The van der Waals surface area contributed by atoms with Crippen LogP contribution in [-0.4, -0.2) is 12.0 Å². The largest absolute Gasteiger partial charge is 0.416 e. The van der Waals surface area contributed by atoms with Gasteiger partial charge in [-0.25, -0.2) is 4.39 Å². The number of rotatable bonds is 3. The predicted molar refractivity (Wildman–Crippen MR) is 48.8 cm³/mol. The number of hydrogen-bond acceptors (Lipinski definition) is 1. The molecule has 0 aliphatic carbocycles. The SMILES string of the molecule is C=C/C(F)=C\C(=C(/C)C(C)=O)C(F)(F)F. The molecule has 84 valence electrons. The van der Waals surface area contributed by atoms with Crippen LogP contribution in [0, 0.1) is 0 Å². The Bertz CT molecular complexity index is 334. The summed E-state index contributed by atoms with van der Waals surface area (Å²) in [6.45, 7) is 4.97. The summed E-state index contributed by atoms with van der Waals surface area (Å²) in [5.74, 6) is -1.89. The predicted octanol–water partition coefficient (Wildman–Crippen LogP) is 3.49. The molecule has 0 radical (unpaired) electrons.